The molecule has 0 saturated heterocycles. The van der Waals surface area contributed by atoms with Gasteiger partial charge in [0.15, 0.2) is 8.92 Å². The van der Waals surface area contributed by atoms with Crippen molar-refractivity contribution in [3.05, 3.63) is 22.2 Å². The van der Waals surface area contributed by atoms with Crippen molar-refractivity contribution in [1.82, 2.24) is 15.2 Å². The molecule has 0 N–H and O–H groups in total. The minimum absolute atomic E-state index is 0.566. The number of nitrogens with zero attached hydrogens (tertiary/aromatic N) is 3. The number of ether oxygens (including phenoxy) is 1. The average Bonchev–Trinajstić information content (AvgIpc) is 2.65. The summed E-state index contributed by atoms with van der Waals surface area (Å²) in [5, 5.41) is 8.66. The Balaban J connectivity index is 2.50. The maximum absolute atomic E-state index is 5.12. The Morgan fingerprint density at radius 2 is 2.29 bits per heavy atom. The predicted molar refractivity (Wildman–Crippen MR) is 57.4 cm³/mol. The molecule has 0 aliphatic carbocycles. The van der Waals surface area contributed by atoms with E-state index in [1.807, 2.05) is 12.1 Å². The fourth-order valence-corrected chi connectivity index (χ4v) is 2.16. The van der Waals surface area contributed by atoms with Gasteiger partial charge in [-0.2, -0.15) is 0 Å². The van der Waals surface area contributed by atoms with Crippen molar-refractivity contribution in [2.24, 2.45) is 0 Å². The lowest BCUT2D eigenvalue weighted by Crippen LogP contribution is -1.90. The van der Waals surface area contributed by atoms with Crippen molar-refractivity contribution >= 4 is 27.3 Å². The van der Waals surface area contributed by atoms with E-state index < -0.39 is 0 Å². The average molecular weight is 272 g/mol. The van der Waals surface area contributed by atoms with Gasteiger partial charge in [-0.05, 0) is 28.1 Å². The van der Waals surface area contributed by atoms with E-state index in [4.69, 9.17) is 4.74 Å². The molecule has 0 amide bonds. The first kappa shape index (κ1) is 9.54. The molecule has 0 aliphatic heterocycles. The van der Waals surface area contributed by atoms with Crippen molar-refractivity contribution in [1.29, 1.82) is 0 Å². The van der Waals surface area contributed by atoms with E-state index in [0.29, 0.717) is 5.88 Å². The molecule has 0 unspecified atom stereocenters. The number of halogens is 1. The Morgan fingerprint density at radius 3 is 2.93 bits per heavy atom. The zero-order valence-corrected chi connectivity index (χ0v) is 9.67. The molecule has 6 heteroatoms. The Morgan fingerprint density at radius 1 is 1.43 bits per heavy atom. The van der Waals surface area contributed by atoms with Gasteiger partial charge >= 0.3 is 0 Å². The standard InChI is InChI=1S/C8H6BrN3OS/c1-13-6-5(3-2-4-10-6)7-11-12-8(9)14-7/h2-4H,1H3. The summed E-state index contributed by atoms with van der Waals surface area (Å²) in [6.07, 6.45) is 1.68. The van der Waals surface area contributed by atoms with Crippen LogP contribution < -0.4 is 4.74 Å². The van der Waals surface area contributed by atoms with Gasteiger partial charge in [0, 0.05) is 6.20 Å². The zero-order chi connectivity index (χ0) is 9.97. The highest BCUT2D eigenvalue weighted by atomic mass is 79.9. The summed E-state index contributed by atoms with van der Waals surface area (Å²) in [5.41, 5.74) is 0.859. The molecule has 0 saturated carbocycles. The third-order valence-corrected chi connectivity index (χ3v) is 2.98. The van der Waals surface area contributed by atoms with Crippen molar-refractivity contribution < 1.29 is 4.74 Å². The van der Waals surface area contributed by atoms with Crippen molar-refractivity contribution in [2.75, 3.05) is 7.11 Å². The highest BCUT2D eigenvalue weighted by molar-refractivity contribution is 9.11. The number of aromatic nitrogens is 3. The molecular weight excluding hydrogens is 266 g/mol. The molecule has 4 nitrogen and oxygen atoms in total. The zero-order valence-electron chi connectivity index (χ0n) is 7.27. The smallest absolute Gasteiger partial charge is 0.223 e. The van der Waals surface area contributed by atoms with Crippen LogP contribution in [0.15, 0.2) is 22.2 Å². The van der Waals surface area contributed by atoms with Crippen LogP contribution in [0.2, 0.25) is 0 Å². The van der Waals surface area contributed by atoms with Crippen LogP contribution in [0, 0.1) is 0 Å². The maximum Gasteiger partial charge on any atom is 0.223 e. The Bertz CT molecular complexity index is 446. The summed E-state index contributed by atoms with van der Waals surface area (Å²) in [7, 11) is 1.59. The summed E-state index contributed by atoms with van der Waals surface area (Å²) in [4.78, 5) is 4.08. The van der Waals surface area contributed by atoms with E-state index in [2.05, 4.69) is 31.1 Å². The summed E-state index contributed by atoms with van der Waals surface area (Å²) in [6, 6.07) is 3.74. The summed E-state index contributed by atoms with van der Waals surface area (Å²) in [6.45, 7) is 0. The van der Waals surface area contributed by atoms with Crippen LogP contribution in [-0.4, -0.2) is 22.3 Å². The van der Waals surface area contributed by atoms with Gasteiger partial charge in [0.25, 0.3) is 0 Å². The molecule has 0 atom stereocenters. The molecule has 0 radical (unpaired) electrons. The molecule has 0 spiro atoms. The minimum atomic E-state index is 0.566. The maximum atomic E-state index is 5.12. The number of methoxy groups -OCH3 is 1. The number of hydrogen-bond acceptors (Lipinski definition) is 5. The second kappa shape index (κ2) is 4.02. The van der Waals surface area contributed by atoms with Crippen LogP contribution in [0.3, 0.4) is 0 Å². The molecule has 0 fully saturated rings. The lowest BCUT2D eigenvalue weighted by Gasteiger charge is -2.01. The van der Waals surface area contributed by atoms with Crippen LogP contribution in [0.4, 0.5) is 0 Å². The third kappa shape index (κ3) is 1.76. The lowest BCUT2D eigenvalue weighted by atomic mass is 10.3. The highest BCUT2D eigenvalue weighted by Crippen LogP contribution is 2.31. The van der Waals surface area contributed by atoms with E-state index in [1.165, 1.54) is 11.3 Å². The molecule has 2 aromatic heterocycles. The second-order valence-corrected chi connectivity index (χ2v) is 4.67. The SMILES string of the molecule is COc1ncccc1-c1nnc(Br)s1. The van der Waals surface area contributed by atoms with Gasteiger partial charge in [-0.15, -0.1) is 10.2 Å². The highest BCUT2D eigenvalue weighted by Gasteiger charge is 2.10. The van der Waals surface area contributed by atoms with E-state index in [0.717, 1.165) is 14.5 Å². The minimum Gasteiger partial charge on any atom is -0.480 e. The normalized spacial score (nSPS) is 10.1. The number of pyridine rings is 1. The summed E-state index contributed by atoms with van der Waals surface area (Å²) in [5.74, 6) is 0.566. The van der Waals surface area contributed by atoms with E-state index >= 15 is 0 Å². The van der Waals surface area contributed by atoms with Crippen molar-refractivity contribution in [3.8, 4) is 16.5 Å². The van der Waals surface area contributed by atoms with Gasteiger partial charge in [0.2, 0.25) is 5.88 Å². The number of rotatable bonds is 2. The van der Waals surface area contributed by atoms with Crippen molar-refractivity contribution in [3.63, 3.8) is 0 Å². The first-order valence-electron chi connectivity index (χ1n) is 3.79. The van der Waals surface area contributed by atoms with Crippen molar-refractivity contribution in [2.45, 2.75) is 0 Å². The fraction of sp³-hybridized carbons (Fsp3) is 0.125. The fourth-order valence-electron chi connectivity index (χ4n) is 1.03. The molecule has 72 valence electrons. The van der Waals surface area contributed by atoms with E-state index in [-0.39, 0.29) is 0 Å². The largest absolute Gasteiger partial charge is 0.480 e. The van der Waals surface area contributed by atoms with Crippen LogP contribution in [0.1, 0.15) is 0 Å². The second-order valence-electron chi connectivity index (χ2n) is 2.42. The quantitative estimate of drug-likeness (QED) is 0.842. The van der Waals surface area contributed by atoms with Crippen LogP contribution in [-0.2, 0) is 0 Å². The molecule has 0 aromatic carbocycles. The Hall–Kier alpha value is -1.01. The van der Waals surface area contributed by atoms with Gasteiger partial charge in [0.05, 0.1) is 12.7 Å². The molecule has 2 heterocycles. The monoisotopic (exact) mass is 271 g/mol. The molecule has 2 aromatic rings. The van der Waals surface area contributed by atoms with E-state index in [9.17, 15) is 0 Å². The first-order chi connectivity index (χ1) is 6.81. The molecule has 0 aliphatic rings. The third-order valence-electron chi connectivity index (χ3n) is 1.60. The van der Waals surface area contributed by atoms with Crippen LogP contribution >= 0.6 is 27.3 Å². The molecule has 2 rings (SSSR count). The first-order valence-corrected chi connectivity index (χ1v) is 5.40. The molecule has 0 bridgehead atoms. The van der Waals surface area contributed by atoms with Gasteiger partial charge in [-0.3, -0.25) is 0 Å². The van der Waals surface area contributed by atoms with Crippen LogP contribution in [0.5, 0.6) is 5.88 Å². The Kier molecular flexibility index (Phi) is 2.74. The topological polar surface area (TPSA) is 47.9 Å². The summed E-state index contributed by atoms with van der Waals surface area (Å²) < 4.78 is 5.87. The predicted octanol–water partition coefficient (Wildman–Crippen LogP) is 2.37. The summed E-state index contributed by atoms with van der Waals surface area (Å²) >= 11 is 4.70. The molecular formula is C8H6BrN3OS. The van der Waals surface area contributed by atoms with E-state index in [1.54, 1.807) is 13.3 Å². The lowest BCUT2D eigenvalue weighted by molar-refractivity contribution is 0.399. The van der Waals surface area contributed by atoms with Crippen LogP contribution in [0.25, 0.3) is 10.6 Å². The van der Waals surface area contributed by atoms with Gasteiger partial charge < -0.3 is 4.74 Å². The Labute approximate surface area is 93.1 Å². The van der Waals surface area contributed by atoms with Gasteiger partial charge in [-0.25, -0.2) is 4.98 Å². The van der Waals surface area contributed by atoms with Gasteiger partial charge in [0.1, 0.15) is 0 Å². The molecule has 14 heavy (non-hydrogen) atoms. The number of hydrogen-bond donors (Lipinski definition) is 0. The van der Waals surface area contributed by atoms with Gasteiger partial charge in [-0.1, -0.05) is 11.3 Å².